The van der Waals surface area contributed by atoms with Gasteiger partial charge in [0.25, 0.3) is 21.8 Å². The van der Waals surface area contributed by atoms with Gasteiger partial charge in [-0.15, -0.1) is 0 Å². The van der Waals surface area contributed by atoms with Gasteiger partial charge in [-0.2, -0.15) is 0 Å². The van der Waals surface area contributed by atoms with Gasteiger partial charge in [0.2, 0.25) is 0 Å². The summed E-state index contributed by atoms with van der Waals surface area (Å²) in [6.45, 7) is 0. The Balaban J connectivity index is 1.64. The van der Waals surface area contributed by atoms with Crippen molar-refractivity contribution in [3.63, 3.8) is 0 Å². The lowest BCUT2D eigenvalue weighted by molar-refractivity contribution is 0.0844. The van der Waals surface area contributed by atoms with E-state index < -0.39 is 21.8 Å². The van der Waals surface area contributed by atoms with Crippen molar-refractivity contribution < 1.29 is 18.0 Å². The van der Waals surface area contributed by atoms with Crippen molar-refractivity contribution in [1.82, 2.24) is 15.8 Å². The SMILES string of the molecule is O=C(NNC(=O)c1ccc[nH]1)c1ccc(S(=O)(=O)Nc2ccccc2)cc1. The summed E-state index contributed by atoms with van der Waals surface area (Å²) < 4.78 is 27.2. The second-order valence-corrected chi connectivity index (χ2v) is 7.17. The number of carbonyl (C=O) groups is 2. The summed E-state index contributed by atoms with van der Waals surface area (Å²) in [4.78, 5) is 26.5. The van der Waals surface area contributed by atoms with E-state index in [1.54, 1.807) is 48.7 Å². The molecule has 0 saturated heterocycles. The van der Waals surface area contributed by atoms with Crippen molar-refractivity contribution in [2.24, 2.45) is 0 Å². The fourth-order valence-electron chi connectivity index (χ4n) is 2.23. The molecule has 27 heavy (non-hydrogen) atoms. The number of hydrogen-bond donors (Lipinski definition) is 4. The van der Waals surface area contributed by atoms with Crippen LogP contribution < -0.4 is 15.6 Å². The molecular weight excluding hydrogens is 368 g/mol. The van der Waals surface area contributed by atoms with Gasteiger partial charge >= 0.3 is 0 Å². The van der Waals surface area contributed by atoms with Gasteiger partial charge in [0, 0.05) is 17.4 Å². The largest absolute Gasteiger partial charge is 0.357 e. The molecule has 0 saturated carbocycles. The molecule has 0 aliphatic heterocycles. The Morgan fingerprint density at radius 2 is 1.44 bits per heavy atom. The molecule has 2 amide bonds. The summed E-state index contributed by atoms with van der Waals surface area (Å²) in [5.74, 6) is -1.07. The third kappa shape index (κ3) is 4.53. The summed E-state index contributed by atoms with van der Waals surface area (Å²) in [5.41, 5.74) is 5.45. The van der Waals surface area contributed by atoms with Crippen LogP contribution in [0.5, 0.6) is 0 Å². The Morgan fingerprint density at radius 1 is 0.778 bits per heavy atom. The van der Waals surface area contributed by atoms with E-state index in [2.05, 4.69) is 20.6 Å². The normalized spacial score (nSPS) is 10.8. The Morgan fingerprint density at radius 3 is 2.07 bits per heavy atom. The molecule has 1 aromatic heterocycles. The molecule has 3 aromatic rings. The third-order valence-corrected chi connectivity index (χ3v) is 4.98. The smallest absolute Gasteiger partial charge is 0.286 e. The van der Waals surface area contributed by atoms with Crippen LogP contribution in [0.1, 0.15) is 20.8 Å². The lowest BCUT2D eigenvalue weighted by Crippen LogP contribution is -2.41. The van der Waals surface area contributed by atoms with E-state index in [1.165, 1.54) is 24.3 Å². The average molecular weight is 384 g/mol. The average Bonchev–Trinajstić information content (AvgIpc) is 3.21. The molecule has 4 N–H and O–H groups in total. The second kappa shape index (κ2) is 7.75. The number of amides is 2. The van der Waals surface area contributed by atoms with E-state index in [0.29, 0.717) is 11.4 Å². The maximum atomic E-state index is 12.4. The number of H-pyrrole nitrogens is 1. The molecule has 2 aromatic carbocycles. The molecule has 9 heteroatoms. The molecule has 0 spiro atoms. The predicted octanol–water partition coefficient (Wildman–Crippen LogP) is 1.89. The molecule has 0 bridgehead atoms. The Hall–Kier alpha value is -3.59. The Bertz CT molecular complexity index is 1030. The Kier molecular flexibility index (Phi) is 5.23. The van der Waals surface area contributed by atoms with Crippen LogP contribution in [0.15, 0.2) is 77.8 Å². The zero-order valence-corrected chi connectivity index (χ0v) is 14.8. The van der Waals surface area contributed by atoms with Gasteiger partial charge < -0.3 is 4.98 Å². The van der Waals surface area contributed by atoms with Gasteiger partial charge in [0.15, 0.2) is 0 Å². The van der Waals surface area contributed by atoms with Gasteiger partial charge in [0.05, 0.1) is 4.90 Å². The highest BCUT2D eigenvalue weighted by atomic mass is 32.2. The van der Waals surface area contributed by atoms with Gasteiger partial charge in [-0.05, 0) is 48.5 Å². The third-order valence-electron chi connectivity index (χ3n) is 3.58. The van der Waals surface area contributed by atoms with E-state index in [-0.39, 0.29) is 10.5 Å². The molecule has 0 unspecified atom stereocenters. The first kappa shape index (κ1) is 18.2. The molecular formula is C18H16N4O4S. The number of carbonyl (C=O) groups excluding carboxylic acids is 2. The van der Waals surface area contributed by atoms with Crippen LogP contribution in [0.2, 0.25) is 0 Å². The summed E-state index contributed by atoms with van der Waals surface area (Å²) in [6.07, 6.45) is 1.58. The zero-order chi connectivity index (χ0) is 19.3. The monoisotopic (exact) mass is 384 g/mol. The van der Waals surface area contributed by atoms with Gasteiger partial charge in [-0.25, -0.2) is 8.42 Å². The van der Waals surface area contributed by atoms with Crippen LogP contribution >= 0.6 is 0 Å². The number of hydrogen-bond acceptors (Lipinski definition) is 4. The second-order valence-electron chi connectivity index (χ2n) is 5.49. The molecule has 1 heterocycles. The van der Waals surface area contributed by atoms with Gasteiger partial charge in [-0.3, -0.25) is 25.2 Å². The number of hydrazine groups is 1. The fourth-order valence-corrected chi connectivity index (χ4v) is 3.29. The van der Waals surface area contributed by atoms with Crippen molar-refractivity contribution >= 4 is 27.5 Å². The molecule has 0 radical (unpaired) electrons. The molecule has 0 atom stereocenters. The number of aromatic nitrogens is 1. The van der Waals surface area contributed by atoms with Crippen LogP contribution in [0.25, 0.3) is 0 Å². The van der Waals surface area contributed by atoms with Crippen LogP contribution in [0, 0.1) is 0 Å². The lowest BCUT2D eigenvalue weighted by Gasteiger charge is -2.09. The summed E-state index contributed by atoms with van der Waals surface area (Å²) in [5, 5.41) is 0. The number of sulfonamides is 1. The standard InChI is InChI=1S/C18H16N4O4S/c23-17(20-21-18(24)16-7-4-12-19-16)13-8-10-15(11-9-13)27(25,26)22-14-5-2-1-3-6-14/h1-12,19,22H,(H,20,23)(H,21,24). The molecule has 0 fully saturated rings. The predicted molar refractivity (Wildman–Crippen MR) is 99.4 cm³/mol. The van der Waals surface area contributed by atoms with E-state index in [4.69, 9.17) is 0 Å². The highest BCUT2D eigenvalue weighted by molar-refractivity contribution is 7.92. The minimum atomic E-state index is -3.77. The number of para-hydroxylation sites is 1. The van der Waals surface area contributed by atoms with Gasteiger partial charge in [0.1, 0.15) is 5.69 Å². The van der Waals surface area contributed by atoms with Crippen molar-refractivity contribution in [1.29, 1.82) is 0 Å². The van der Waals surface area contributed by atoms with E-state index >= 15 is 0 Å². The first-order valence-corrected chi connectivity index (χ1v) is 9.36. The number of aromatic amines is 1. The lowest BCUT2D eigenvalue weighted by atomic mass is 10.2. The first-order valence-electron chi connectivity index (χ1n) is 7.88. The number of anilines is 1. The zero-order valence-electron chi connectivity index (χ0n) is 14.0. The number of benzene rings is 2. The van der Waals surface area contributed by atoms with Crippen molar-refractivity contribution in [3.05, 3.63) is 84.2 Å². The quantitative estimate of drug-likeness (QED) is 0.502. The van der Waals surface area contributed by atoms with Crippen molar-refractivity contribution in [2.75, 3.05) is 4.72 Å². The summed E-state index contributed by atoms with van der Waals surface area (Å²) in [7, 11) is -3.77. The van der Waals surface area contributed by atoms with Crippen LogP contribution in [0.3, 0.4) is 0 Å². The summed E-state index contributed by atoms with van der Waals surface area (Å²) in [6, 6.07) is 17.0. The Labute approximate surface area is 155 Å². The van der Waals surface area contributed by atoms with Crippen LogP contribution in [-0.2, 0) is 10.0 Å². The van der Waals surface area contributed by atoms with E-state index in [9.17, 15) is 18.0 Å². The van der Waals surface area contributed by atoms with E-state index in [1.807, 2.05) is 0 Å². The highest BCUT2D eigenvalue weighted by Gasteiger charge is 2.15. The van der Waals surface area contributed by atoms with Crippen molar-refractivity contribution in [3.8, 4) is 0 Å². The fraction of sp³-hybridized carbons (Fsp3) is 0. The van der Waals surface area contributed by atoms with Crippen molar-refractivity contribution in [2.45, 2.75) is 4.90 Å². The first-order chi connectivity index (χ1) is 13.0. The minimum absolute atomic E-state index is 0.0123. The summed E-state index contributed by atoms with van der Waals surface area (Å²) >= 11 is 0. The number of rotatable bonds is 5. The topological polar surface area (TPSA) is 120 Å². The molecule has 138 valence electrons. The molecule has 3 rings (SSSR count). The maximum absolute atomic E-state index is 12.4. The van der Waals surface area contributed by atoms with Crippen LogP contribution in [-0.4, -0.2) is 25.2 Å². The van der Waals surface area contributed by atoms with Crippen LogP contribution in [0.4, 0.5) is 5.69 Å². The molecule has 0 aliphatic carbocycles. The molecule has 8 nitrogen and oxygen atoms in total. The highest BCUT2D eigenvalue weighted by Crippen LogP contribution is 2.16. The van der Waals surface area contributed by atoms with E-state index in [0.717, 1.165) is 0 Å². The maximum Gasteiger partial charge on any atom is 0.286 e. The minimum Gasteiger partial charge on any atom is -0.357 e. The molecule has 0 aliphatic rings. The van der Waals surface area contributed by atoms with Gasteiger partial charge in [-0.1, -0.05) is 18.2 Å². The number of nitrogens with one attached hydrogen (secondary N) is 4.